The highest BCUT2D eigenvalue weighted by Crippen LogP contribution is 2.40. The minimum atomic E-state index is -0.668. The number of ketones is 1. The van der Waals surface area contributed by atoms with Crippen LogP contribution in [0.3, 0.4) is 0 Å². The molecule has 4 rings (SSSR count). The Labute approximate surface area is 230 Å². The highest BCUT2D eigenvalue weighted by atomic mass is 16.5. The molecular weight excluding hydrogens is 490 g/mol. The zero-order chi connectivity index (χ0) is 28.1. The molecule has 1 heterocycles. The Morgan fingerprint density at radius 2 is 1.64 bits per heavy atom. The molecule has 0 bridgehead atoms. The minimum Gasteiger partial charge on any atom is -0.507 e. The lowest BCUT2D eigenvalue weighted by atomic mass is 9.95. The number of Topliss-reactive ketones (excluding diaryl/α,β-unsaturated/α-hetero) is 1. The highest BCUT2D eigenvalue weighted by Gasteiger charge is 2.45. The second-order valence-electron chi connectivity index (χ2n) is 10.4. The number of hydrogen-bond acceptors (Lipinski definition) is 6. The van der Waals surface area contributed by atoms with Crippen molar-refractivity contribution >= 4 is 23.1 Å². The minimum absolute atomic E-state index is 0.107. The van der Waals surface area contributed by atoms with Crippen molar-refractivity contribution < 1.29 is 19.4 Å². The SMILES string of the molecule is Cc1cccc(COc2ccc(/C(O)=C3\C(=O)C(=O)N(CCCN(C)C)[C@H]3c3ccc(N(C)C)cc3)cc2)c1. The molecule has 1 saturated heterocycles. The number of aryl methyl sites for hydroxylation is 1. The third-order valence-electron chi connectivity index (χ3n) is 6.89. The first-order valence-corrected chi connectivity index (χ1v) is 13.1. The van der Waals surface area contributed by atoms with Crippen molar-refractivity contribution in [1.29, 1.82) is 0 Å². The Hall–Kier alpha value is -4.10. The smallest absolute Gasteiger partial charge is 0.295 e. The lowest BCUT2D eigenvalue weighted by molar-refractivity contribution is -0.139. The summed E-state index contributed by atoms with van der Waals surface area (Å²) < 4.78 is 5.91. The number of benzene rings is 3. The van der Waals surface area contributed by atoms with Gasteiger partial charge in [-0.25, -0.2) is 0 Å². The van der Waals surface area contributed by atoms with Gasteiger partial charge in [0.05, 0.1) is 11.6 Å². The van der Waals surface area contributed by atoms with Gasteiger partial charge in [0.1, 0.15) is 18.1 Å². The summed E-state index contributed by atoms with van der Waals surface area (Å²) in [5, 5.41) is 11.4. The van der Waals surface area contributed by atoms with Gasteiger partial charge in [-0.2, -0.15) is 0 Å². The number of aliphatic hydroxyl groups is 1. The van der Waals surface area contributed by atoms with Crippen molar-refractivity contribution in [2.75, 3.05) is 46.2 Å². The molecule has 3 aromatic carbocycles. The van der Waals surface area contributed by atoms with Gasteiger partial charge in [-0.3, -0.25) is 9.59 Å². The summed E-state index contributed by atoms with van der Waals surface area (Å²) in [5.74, 6) is -0.794. The molecule has 7 nitrogen and oxygen atoms in total. The number of carbonyl (C=O) groups excluding carboxylic acids is 2. The van der Waals surface area contributed by atoms with Crippen LogP contribution in [0.25, 0.3) is 5.76 Å². The number of amides is 1. The quantitative estimate of drug-likeness (QED) is 0.227. The molecule has 39 heavy (non-hydrogen) atoms. The van der Waals surface area contributed by atoms with E-state index in [4.69, 9.17) is 4.74 Å². The van der Waals surface area contributed by atoms with Gasteiger partial charge >= 0.3 is 0 Å². The number of rotatable bonds is 10. The first-order chi connectivity index (χ1) is 18.7. The van der Waals surface area contributed by atoms with Gasteiger partial charge in [-0.05, 0) is 81.5 Å². The number of nitrogens with zero attached hydrogens (tertiary/aromatic N) is 3. The lowest BCUT2D eigenvalue weighted by Crippen LogP contribution is -2.32. The van der Waals surface area contributed by atoms with Crippen LogP contribution < -0.4 is 9.64 Å². The predicted octanol–water partition coefficient (Wildman–Crippen LogP) is 5.01. The number of ether oxygens (including phenoxy) is 1. The summed E-state index contributed by atoms with van der Waals surface area (Å²) in [6, 6.07) is 22.1. The van der Waals surface area contributed by atoms with Gasteiger partial charge in [0, 0.05) is 31.9 Å². The Morgan fingerprint density at radius 1 is 0.949 bits per heavy atom. The number of aliphatic hydroxyl groups excluding tert-OH is 1. The average Bonchev–Trinajstić information content (AvgIpc) is 3.17. The summed E-state index contributed by atoms with van der Waals surface area (Å²) in [6.45, 7) is 3.65. The Kier molecular flexibility index (Phi) is 8.72. The number of likely N-dealkylation sites (tertiary alicyclic amines) is 1. The molecule has 1 aliphatic rings. The molecule has 0 saturated carbocycles. The van der Waals surface area contributed by atoms with E-state index >= 15 is 0 Å². The van der Waals surface area contributed by atoms with Gasteiger partial charge in [-0.1, -0.05) is 42.0 Å². The van der Waals surface area contributed by atoms with Gasteiger partial charge in [0.15, 0.2) is 0 Å². The van der Waals surface area contributed by atoms with Crippen LogP contribution in [0.15, 0.2) is 78.4 Å². The molecule has 1 aliphatic heterocycles. The topological polar surface area (TPSA) is 73.3 Å². The van der Waals surface area contributed by atoms with E-state index in [0.717, 1.165) is 23.4 Å². The molecule has 3 aromatic rings. The summed E-state index contributed by atoms with van der Waals surface area (Å²) in [7, 11) is 7.85. The van der Waals surface area contributed by atoms with E-state index in [1.54, 1.807) is 29.2 Å². The van der Waals surface area contributed by atoms with E-state index in [1.165, 1.54) is 5.56 Å². The van der Waals surface area contributed by atoms with E-state index in [9.17, 15) is 14.7 Å². The van der Waals surface area contributed by atoms with Gasteiger partial charge in [0.2, 0.25) is 0 Å². The summed E-state index contributed by atoms with van der Waals surface area (Å²) in [4.78, 5) is 32.1. The standard InChI is InChI=1S/C32H37N3O4/c1-22-8-6-9-23(20-22)21-39-27-16-12-25(13-17-27)30(36)28-29(24-10-14-26(15-11-24)34(4)5)35(32(38)31(28)37)19-7-18-33(2)3/h6,8-17,20,29,36H,7,18-19,21H2,1-5H3/b30-28+/t29-/m0/s1. The fourth-order valence-electron chi connectivity index (χ4n) is 4.80. The second kappa shape index (κ2) is 12.2. The van der Waals surface area contributed by atoms with Crippen molar-refractivity contribution in [2.24, 2.45) is 0 Å². The van der Waals surface area contributed by atoms with Gasteiger partial charge < -0.3 is 24.5 Å². The van der Waals surface area contributed by atoms with E-state index in [2.05, 4.69) is 6.07 Å². The maximum atomic E-state index is 13.3. The zero-order valence-electron chi connectivity index (χ0n) is 23.3. The molecule has 0 unspecified atom stereocenters. The Bertz CT molecular complexity index is 1340. The molecule has 7 heteroatoms. The molecule has 1 amide bonds. The van der Waals surface area contributed by atoms with Crippen LogP contribution in [0.4, 0.5) is 5.69 Å². The van der Waals surface area contributed by atoms with Crippen molar-refractivity contribution in [3.63, 3.8) is 0 Å². The zero-order valence-corrected chi connectivity index (χ0v) is 23.3. The normalized spacial score (nSPS) is 16.7. The van der Waals surface area contributed by atoms with E-state index in [1.807, 2.05) is 87.4 Å². The third-order valence-corrected chi connectivity index (χ3v) is 6.89. The molecule has 0 spiro atoms. The van der Waals surface area contributed by atoms with Crippen LogP contribution >= 0.6 is 0 Å². The molecule has 1 N–H and O–H groups in total. The number of carbonyl (C=O) groups is 2. The molecule has 204 valence electrons. The molecular formula is C32H37N3O4. The van der Waals surface area contributed by atoms with Crippen molar-refractivity contribution in [3.8, 4) is 5.75 Å². The monoisotopic (exact) mass is 527 g/mol. The highest BCUT2D eigenvalue weighted by molar-refractivity contribution is 6.46. The van der Waals surface area contributed by atoms with Crippen LogP contribution in [0, 0.1) is 6.92 Å². The van der Waals surface area contributed by atoms with Crippen molar-refractivity contribution in [1.82, 2.24) is 9.80 Å². The first kappa shape index (κ1) is 27.9. The number of hydrogen-bond donors (Lipinski definition) is 1. The van der Waals surface area contributed by atoms with Crippen LogP contribution in [-0.2, 0) is 16.2 Å². The van der Waals surface area contributed by atoms with E-state index in [-0.39, 0.29) is 11.3 Å². The molecule has 0 aliphatic carbocycles. The summed E-state index contributed by atoms with van der Waals surface area (Å²) in [6.07, 6.45) is 0.708. The average molecular weight is 528 g/mol. The van der Waals surface area contributed by atoms with Crippen LogP contribution in [0.1, 0.15) is 34.7 Å². The first-order valence-electron chi connectivity index (χ1n) is 13.1. The molecule has 0 radical (unpaired) electrons. The Morgan fingerprint density at radius 3 is 2.26 bits per heavy atom. The largest absolute Gasteiger partial charge is 0.507 e. The predicted molar refractivity (Wildman–Crippen MR) is 155 cm³/mol. The van der Waals surface area contributed by atoms with Crippen LogP contribution in [0.5, 0.6) is 5.75 Å². The van der Waals surface area contributed by atoms with Gasteiger partial charge in [0.25, 0.3) is 11.7 Å². The maximum Gasteiger partial charge on any atom is 0.295 e. The molecule has 0 aromatic heterocycles. The number of anilines is 1. The maximum absolute atomic E-state index is 13.3. The van der Waals surface area contributed by atoms with E-state index < -0.39 is 17.7 Å². The molecule has 1 atom stereocenters. The fourth-order valence-corrected chi connectivity index (χ4v) is 4.80. The summed E-state index contributed by atoms with van der Waals surface area (Å²) in [5.41, 5.74) is 4.58. The van der Waals surface area contributed by atoms with Crippen LogP contribution in [0.2, 0.25) is 0 Å². The fraction of sp³-hybridized carbons (Fsp3) is 0.312. The van der Waals surface area contributed by atoms with Crippen LogP contribution in [-0.4, -0.2) is 67.9 Å². The Balaban J connectivity index is 1.64. The van der Waals surface area contributed by atoms with Crippen molar-refractivity contribution in [2.45, 2.75) is 26.0 Å². The third kappa shape index (κ3) is 6.49. The second-order valence-corrected chi connectivity index (χ2v) is 10.4. The summed E-state index contributed by atoms with van der Waals surface area (Å²) >= 11 is 0. The lowest BCUT2D eigenvalue weighted by Gasteiger charge is -2.26. The van der Waals surface area contributed by atoms with Crippen molar-refractivity contribution in [3.05, 3.63) is 101 Å². The van der Waals surface area contributed by atoms with E-state index in [0.29, 0.717) is 30.9 Å². The van der Waals surface area contributed by atoms with Gasteiger partial charge in [-0.15, -0.1) is 0 Å². The molecule has 1 fully saturated rings.